The van der Waals surface area contributed by atoms with Crippen LogP contribution in [0.2, 0.25) is 0 Å². The molecule has 0 spiro atoms. The zero-order valence-corrected chi connectivity index (χ0v) is 12.1. The van der Waals surface area contributed by atoms with Crippen LogP contribution in [0, 0.1) is 0 Å². The first-order valence-electron chi connectivity index (χ1n) is 7.24. The van der Waals surface area contributed by atoms with E-state index in [1.54, 1.807) is 0 Å². The van der Waals surface area contributed by atoms with Crippen LogP contribution < -0.4 is 5.32 Å². The van der Waals surface area contributed by atoms with Crippen LogP contribution in [0.25, 0.3) is 0 Å². The molecule has 0 unspecified atom stereocenters. The Kier molecular flexibility index (Phi) is 6.65. The Balaban J connectivity index is 2.49. The lowest BCUT2D eigenvalue weighted by molar-refractivity contribution is -0.150. The van der Waals surface area contributed by atoms with Gasteiger partial charge in [0.2, 0.25) is 0 Å². The van der Waals surface area contributed by atoms with Crippen molar-refractivity contribution in [3.8, 4) is 0 Å². The lowest BCUT2D eigenvalue weighted by Gasteiger charge is -2.36. The first kappa shape index (κ1) is 15.4. The van der Waals surface area contributed by atoms with Gasteiger partial charge in [0, 0.05) is 13.1 Å². The van der Waals surface area contributed by atoms with Gasteiger partial charge >= 0.3 is 5.97 Å². The van der Waals surface area contributed by atoms with Crippen LogP contribution in [0.5, 0.6) is 0 Å². The van der Waals surface area contributed by atoms with E-state index in [4.69, 9.17) is 4.74 Å². The Hall–Kier alpha value is -0.610. The molecule has 0 aromatic carbocycles. The second-order valence-corrected chi connectivity index (χ2v) is 5.09. The van der Waals surface area contributed by atoms with E-state index >= 15 is 0 Å². The van der Waals surface area contributed by atoms with E-state index in [2.05, 4.69) is 24.1 Å². The molecule has 0 saturated heterocycles. The summed E-state index contributed by atoms with van der Waals surface area (Å²) in [5.41, 5.74) is -0.417. The first-order chi connectivity index (χ1) is 8.68. The predicted molar refractivity (Wildman–Crippen MR) is 73.6 cm³/mol. The number of esters is 1. The fourth-order valence-electron chi connectivity index (χ4n) is 2.80. The van der Waals surface area contributed by atoms with Gasteiger partial charge in [-0.1, -0.05) is 33.1 Å². The quantitative estimate of drug-likeness (QED) is 0.705. The van der Waals surface area contributed by atoms with Crippen LogP contribution in [0.1, 0.15) is 46.0 Å². The molecule has 1 fully saturated rings. The Morgan fingerprint density at radius 1 is 1.22 bits per heavy atom. The van der Waals surface area contributed by atoms with Crippen LogP contribution in [0.4, 0.5) is 0 Å². The molecule has 1 rings (SSSR count). The van der Waals surface area contributed by atoms with Crippen molar-refractivity contribution in [1.29, 1.82) is 0 Å². The zero-order chi connectivity index (χ0) is 13.4. The third-order valence-corrected chi connectivity index (χ3v) is 4.07. The second-order valence-electron chi connectivity index (χ2n) is 5.09. The third-order valence-electron chi connectivity index (χ3n) is 4.07. The highest BCUT2D eigenvalue weighted by molar-refractivity contribution is 5.80. The molecular formula is C14H28N2O2. The Labute approximate surface area is 111 Å². The molecule has 4 nitrogen and oxygen atoms in total. The molecule has 18 heavy (non-hydrogen) atoms. The van der Waals surface area contributed by atoms with Crippen molar-refractivity contribution >= 4 is 5.97 Å². The molecule has 1 aliphatic carbocycles. The van der Waals surface area contributed by atoms with Crippen LogP contribution in [0.3, 0.4) is 0 Å². The van der Waals surface area contributed by atoms with Gasteiger partial charge in [-0.2, -0.15) is 0 Å². The number of hydrogen-bond donors (Lipinski definition) is 1. The van der Waals surface area contributed by atoms with Crippen LogP contribution in [-0.2, 0) is 9.53 Å². The molecule has 106 valence electrons. The summed E-state index contributed by atoms with van der Waals surface area (Å²) < 4.78 is 4.99. The number of rotatable bonds is 7. The normalized spacial score (nSPS) is 18.9. The van der Waals surface area contributed by atoms with Gasteiger partial charge in [-0.05, 0) is 25.9 Å². The number of nitrogens with one attached hydrogen (secondary N) is 1. The van der Waals surface area contributed by atoms with E-state index < -0.39 is 5.54 Å². The number of ether oxygens (including phenoxy) is 1. The van der Waals surface area contributed by atoms with Crippen molar-refractivity contribution in [1.82, 2.24) is 10.2 Å². The monoisotopic (exact) mass is 256 g/mol. The summed E-state index contributed by atoms with van der Waals surface area (Å²) >= 11 is 0. The Morgan fingerprint density at radius 2 is 1.83 bits per heavy atom. The standard InChI is InChI=1S/C14H28N2O2/c1-4-16(5-2)12-11-15-14(13(17)18-3)9-7-6-8-10-14/h15H,4-12H2,1-3H3. The minimum Gasteiger partial charge on any atom is -0.468 e. The van der Waals surface area contributed by atoms with Gasteiger partial charge in [0.25, 0.3) is 0 Å². The highest BCUT2D eigenvalue weighted by atomic mass is 16.5. The van der Waals surface area contributed by atoms with Crippen LogP contribution >= 0.6 is 0 Å². The maximum atomic E-state index is 12.0. The molecule has 0 aliphatic heterocycles. The number of methoxy groups -OCH3 is 1. The molecule has 1 N–H and O–H groups in total. The van der Waals surface area contributed by atoms with E-state index in [1.807, 2.05) is 0 Å². The van der Waals surface area contributed by atoms with E-state index in [0.717, 1.165) is 51.9 Å². The largest absolute Gasteiger partial charge is 0.468 e. The molecule has 1 saturated carbocycles. The van der Waals surface area contributed by atoms with Crippen molar-refractivity contribution in [3.63, 3.8) is 0 Å². The average Bonchev–Trinajstić information content (AvgIpc) is 2.43. The first-order valence-corrected chi connectivity index (χ1v) is 7.24. The molecule has 1 aliphatic rings. The lowest BCUT2D eigenvalue weighted by atomic mass is 9.81. The maximum Gasteiger partial charge on any atom is 0.326 e. The molecule has 0 radical (unpaired) electrons. The fourth-order valence-corrected chi connectivity index (χ4v) is 2.80. The van der Waals surface area contributed by atoms with Gasteiger partial charge in [-0.25, -0.2) is 0 Å². The Morgan fingerprint density at radius 3 is 2.33 bits per heavy atom. The third kappa shape index (κ3) is 3.95. The predicted octanol–water partition coefficient (Wildman–Crippen LogP) is 1.79. The molecule has 4 heteroatoms. The van der Waals surface area contributed by atoms with Crippen molar-refractivity contribution in [2.75, 3.05) is 33.3 Å². The summed E-state index contributed by atoms with van der Waals surface area (Å²) in [6.07, 6.45) is 5.30. The zero-order valence-electron chi connectivity index (χ0n) is 12.1. The number of likely N-dealkylation sites (N-methyl/N-ethyl adjacent to an activating group) is 1. The lowest BCUT2D eigenvalue weighted by Crippen LogP contribution is -2.55. The Bertz CT molecular complexity index is 246. The summed E-state index contributed by atoms with van der Waals surface area (Å²) in [4.78, 5) is 14.4. The number of hydrogen-bond acceptors (Lipinski definition) is 4. The summed E-state index contributed by atoms with van der Waals surface area (Å²) in [6.45, 7) is 8.30. The summed E-state index contributed by atoms with van der Waals surface area (Å²) in [6, 6.07) is 0. The second kappa shape index (κ2) is 7.74. The van der Waals surface area contributed by atoms with Gasteiger partial charge in [0.05, 0.1) is 7.11 Å². The average molecular weight is 256 g/mol. The van der Waals surface area contributed by atoms with Gasteiger partial charge in [0.1, 0.15) is 5.54 Å². The molecular weight excluding hydrogens is 228 g/mol. The minimum absolute atomic E-state index is 0.0817. The van der Waals surface area contributed by atoms with E-state index in [-0.39, 0.29) is 5.97 Å². The van der Waals surface area contributed by atoms with Crippen molar-refractivity contribution in [3.05, 3.63) is 0 Å². The summed E-state index contributed by atoms with van der Waals surface area (Å²) in [5, 5.41) is 3.47. The van der Waals surface area contributed by atoms with Gasteiger partial charge in [-0.3, -0.25) is 4.79 Å². The number of carbonyl (C=O) groups is 1. The van der Waals surface area contributed by atoms with E-state index in [0.29, 0.717) is 0 Å². The van der Waals surface area contributed by atoms with Crippen LogP contribution in [0.15, 0.2) is 0 Å². The van der Waals surface area contributed by atoms with Gasteiger partial charge < -0.3 is 15.0 Å². The number of carbonyl (C=O) groups excluding carboxylic acids is 1. The van der Waals surface area contributed by atoms with Crippen molar-refractivity contribution in [2.24, 2.45) is 0 Å². The molecule has 0 aromatic heterocycles. The van der Waals surface area contributed by atoms with Crippen molar-refractivity contribution < 1.29 is 9.53 Å². The highest BCUT2D eigenvalue weighted by Gasteiger charge is 2.39. The summed E-state index contributed by atoms with van der Waals surface area (Å²) in [7, 11) is 1.49. The topological polar surface area (TPSA) is 41.6 Å². The molecule has 0 bridgehead atoms. The molecule has 0 atom stereocenters. The molecule has 0 heterocycles. The SMILES string of the molecule is CCN(CC)CCNC1(C(=O)OC)CCCCC1. The van der Waals surface area contributed by atoms with E-state index in [9.17, 15) is 4.79 Å². The maximum absolute atomic E-state index is 12.0. The number of nitrogens with zero attached hydrogens (tertiary/aromatic N) is 1. The van der Waals surface area contributed by atoms with Gasteiger partial charge in [-0.15, -0.1) is 0 Å². The minimum atomic E-state index is -0.417. The van der Waals surface area contributed by atoms with Gasteiger partial charge in [0.15, 0.2) is 0 Å². The van der Waals surface area contributed by atoms with Crippen molar-refractivity contribution in [2.45, 2.75) is 51.5 Å². The molecule has 0 aromatic rings. The highest BCUT2D eigenvalue weighted by Crippen LogP contribution is 2.29. The fraction of sp³-hybridized carbons (Fsp3) is 0.929. The summed E-state index contributed by atoms with van der Waals surface area (Å²) in [5.74, 6) is -0.0817. The van der Waals surface area contributed by atoms with E-state index in [1.165, 1.54) is 13.5 Å². The smallest absolute Gasteiger partial charge is 0.326 e. The molecule has 0 amide bonds. The van der Waals surface area contributed by atoms with Crippen LogP contribution in [-0.4, -0.2) is 49.7 Å².